The number of carbonyl (C=O) groups excluding carboxylic acids is 1. The largest absolute Gasteiger partial charge is 0.384 e. The molecule has 0 aromatic carbocycles. The lowest BCUT2D eigenvalue weighted by Gasteiger charge is -2.21. The number of aromatic nitrogens is 2. The molecule has 0 spiro atoms. The van der Waals surface area contributed by atoms with Gasteiger partial charge in [-0.25, -0.2) is 9.97 Å². The first-order valence-corrected chi connectivity index (χ1v) is 7.17. The number of rotatable bonds is 4. The van der Waals surface area contributed by atoms with E-state index in [2.05, 4.69) is 20.6 Å². The highest BCUT2D eigenvalue weighted by atomic mass is 16.1. The van der Waals surface area contributed by atoms with Crippen LogP contribution < -0.4 is 16.4 Å². The van der Waals surface area contributed by atoms with E-state index < -0.39 is 0 Å². The number of hydrogen-bond acceptors (Lipinski definition) is 5. The Morgan fingerprint density at radius 1 is 1.19 bits per heavy atom. The van der Waals surface area contributed by atoms with E-state index in [1.54, 1.807) is 6.07 Å². The molecule has 0 bridgehead atoms. The van der Waals surface area contributed by atoms with Gasteiger partial charge in [-0.2, -0.15) is 0 Å². The molecule has 0 aliphatic heterocycles. The number of carbonyl (C=O) groups is 1. The van der Waals surface area contributed by atoms with Crippen LogP contribution in [-0.4, -0.2) is 28.0 Å². The molecule has 0 aliphatic carbocycles. The number of nitrogens with zero attached hydrogens (tertiary/aromatic N) is 2. The van der Waals surface area contributed by atoms with E-state index in [9.17, 15) is 4.79 Å². The predicted octanol–water partition coefficient (Wildman–Crippen LogP) is 2.07. The molecule has 0 radical (unpaired) electrons. The monoisotopic (exact) mass is 293 g/mol. The normalized spacial score (nSPS) is 12.1. The zero-order valence-corrected chi connectivity index (χ0v) is 13.9. The average molecular weight is 293 g/mol. The highest BCUT2D eigenvalue weighted by molar-refractivity contribution is 5.77. The van der Waals surface area contributed by atoms with Crippen molar-refractivity contribution in [2.24, 2.45) is 0 Å². The van der Waals surface area contributed by atoms with Crippen molar-refractivity contribution in [2.75, 3.05) is 17.6 Å². The SMILES string of the molecule is CC(C)(C)NC(=O)CCNc1cc(N)nc(C(C)(C)C)n1. The van der Waals surface area contributed by atoms with E-state index in [-0.39, 0.29) is 16.9 Å². The van der Waals surface area contributed by atoms with Crippen LogP contribution in [0.2, 0.25) is 0 Å². The summed E-state index contributed by atoms with van der Waals surface area (Å²) in [5.74, 6) is 1.77. The first-order chi connectivity index (χ1) is 9.47. The van der Waals surface area contributed by atoms with Crippen LogP contribution in [0.25, 0.3) is 0 Å². The third-order valence-corrected chi connectivity index (χ3v) is 2.59. The number of nitrogens with two attached hydrogens (primary N) is 1. The quantitative estimate of drug-likeness (QED) is 0.790. The maximum Gasteiger partial charge on any atom is 0.222 e. The Kier molecular flexibility index (Phi) is 5.15. The van der Waals surface area contributed by atoms with Gasteiger partial charge in [0, 0.05) is 30.0 Å². The molecule has 1 rings (SSSR count). The summed E-state index contributed by atoms with van der Waals surface area (Å²) in [6, 6.07) is 1.68. The van der Waals surface area contributed by atoms with E-state index in [1.165, 1.54) is 0 Å². The van der Waals surface area contributed by atoms with Crippen molar-refractivity contribution < 1.29 is 4.79 Å². The standard InChI is InChI=1S/C15H27N5O/c1-14(2,3)13-18-10(16)9-11(19-13)17-8-7-12(21)20-15(4,5)6/h9H,7-8H2,1-6H3,(H,20,21)(H3,16,17,18,19). The van der Waals surface area contributed by atoms with E-state index in [1.807, 2.05) is 41.5 Å². The number of anilines is 2. The van der Waals surface area contributed by atoms with Gasteiger partial charge < -0.3 is 16.4 Å². The first kappa shape index (κ1) is 17.2. The molecule has 0 unspecified atom stereocenters. The number of hydrogen-bond donors (Lipinski definition) is 3. The third kappa shape index (κ3) is 6.42. The van der Waals surface area contributed by atoms with Gasteiger partial charge in [-0.1, -0.05) is 20.8 Å². The minimum atomic E-state index is -0.212. The van der Waals surface area contributed by atoms with Gasteiger partial charge in [0.15, 0.2) is 0 Å². The Balaban J connectivity index is 2.60. The minimum absolute atomic E-state index is 0.00747. The van der Waals surface area contributed by atoms with Crippen LogP contribution in [0, 0.1) is 0 Å². The molecule has 4 N–H and O–H groups in total. The zero-order valence-electron chi connectivity index (χ0n) is 13.9. The van der Waals surface area contributed by atoms with Crippen molar-refractivity contribution >= 4 is 17.5 Å². The minimum Gasteiger partial charge on any atom is -0.384 e. The van der Waals surface area contributed by atoms with Crippen molar-refractivity contribution in [3.05, 3.63) is 11.9 Å². The smallest absolute Gasteiger partial charge is 0.222 e. The molecule has 1 aromatic rings. The summed E-state index contributed by atoms with van der Waals surface area (Å²) in [6.07, 6.45) is 0.381. The molecule has 6 heteroatoms. The van der Waals surface area contributed by atoms with Gasteiger partial charge in [0.1, 0.15) is 17.5 Å². The average Bonchev–Trinajstić information content (AvgIpc) is 2.24. The summed E-state index contributed by atoms with van der Waals surface area (Å²) < 4.78 is 0. The molecule has 0 saturated carbocycles. The molecule has 6 nitrogen and oxygen atoms in total. The Bertz CT molecular complexity index is 500. The van der Waals surface area contributed by atoms with Gasteiger partial charge >= 0.3 is 0 Å². The zero-order chi connectivity index (χ0) is 16.3. The van der Waals surface area contributed by atoms with Gasteiger partial charge in [-0.05, 0) is 20.8 Å². The fraction of sp³-hybridized carbons (Fsp3) is 0.667. The van der Waals surface area contributed by atoms with Crippen molar-refractivity contribution in [3.8, 4) is 0 Å². The summed E-state index contributed by atoms with van der Waals surface area (Å²) in [7, 11) is 0. The summed E-state index contributed by atoms with van der Waals surface area (Å²) in [6.45, 7) is 12.5. The van der Waals surface area contributed by atoms with Crippen LogP contribution in [0.4, 0.5) is 11.6 Å². The summed E-state index contributed by atoms with van der Waals surface area (Å²) in [4.78, 5) is 20.4. The second-order valence-corrected chi connectivity index (χ2v) is 7.23. The van der Waals surface area contributed by atoms with Gasteiger partial charge in [0.05, 0.1) is 0 Å². The first-order valence-electron chi connectivity index (χ1n) is 7.17. The van der Waals surface area contributed by atoms with E-state index in [0.717, 1.165) is 0 Å². The summed E-state index contributed by atoms with van der Waals surface area (Å²) >= 11 is 0. The molecule has 1 amide bonds. The topological polar surface area (TPSA) is 92.9 Å². The lowest BCUT2D eigenvalue weighted by atomic mass is 9.96. The number of nitrogens with one attached hydrogen (secondary N) is 2. The van der Waals surface area contributed by atoms with Gasteiger partial charge in [-0.15, -0.1) is 0 Å². The van der Waals surface area contributed by atoms with Gasteiger partial charge in [-0.3, -0.25) is 4.79 Å². The van der Waals surface area contributed by atoms with Crippen molar-refractivity contribution in [2.45, 2.75) is 58.9 Å². The fourth-order valence-electron chi connectivity index (χ4n) is 1.68. The maximum atomic E-state index is 11.7. The maximum absolute atomic E-state index is 11.7. The van der Waals surface area contributed by atoms with E-state index >= 15 is 0 Å². The highest BCUT2D eigenvalue weighted by Gasteiger charge is 2.19. The van der Waals surface area contributed by atoms with Crippen LogP contribution >= 0.6 is 0 Å². The molecule has 0 fully saturated rings. The Morgan fingerprint density at radius 3 is 2.33 bits per heavy atom. The summed E-state index contributed by atoms with van der Waals surface area (Å²) in [5, 5.41) is 6.04. The van der Waals surface area contributed by atoms with Crippen LogP contribution in [0.1, 0.15) is 53.8 Å². The second-order valence-electron chi connectivity index (χ2n) is 7.23. The van der Waals surface area contributed by atoms with Gasteiger partial charge in [0.2, 0.25) is 5.91 Å². The predicted molar refractivity (Wildman–Crippen MR) is 86.1 cm³/mol. The third-order valence-electron chi connectivity index (χ3n) is 2.59. The van der Waals surface area contributed by atoms with Crippen LogP contribution in [0.15, 0.2) is 6.07 Å². The Labute approximate surface area is 126 Å². The second kappa shape index (κ2) is 6.28. The molecule has 0 saturated heterocycles. The molecule has 0 aliphatic rings. The lowest BCUT2D eigenvalue weighted by Crippen LogP contribution is -2.41. The number of nitrogen functional groups attached to an aromatic ring is 1. The van der Waals surface area contributed by atoms with Crippen molar-refractivity contribution in [1.29, 1.82) is 0 Å². The highest BCUT2D eigenvalue weighted by Crippen LogP contribution is 2.21. The molecule has 0 atom stereocenters. The Morgan fingerprint density at radius 2 is 1.81 bits per heavy atom. The van der Waals surface area contributed by atoms with Gasteiger partial charge in [0.25, 0.3) is 0 Å². The molecular weight excluding hydrogens is 266 g/mol. The molecule has 1 aromatic heterocycles. The van der Waals surface area contributed by atoms with Crippen LogP contribution in [-0.2, 0) is 10.2 Å². The lowest BCUT2D eigenvalue weighted by molar-refractivity contribution is -0.122. The van der Waals surface area contributed by atoms with Crippen LogP contribution in [0.5, 0.6) is 0 Å². The van der Waals surface area contributed by atoms with Crippen molar-refractivity contribution in [1.82, 2.24) is 15.3 Å². The summed E-state index contributed by atoms with van der Waals surface area (Å²) in [5.41, 5.74) is 5.42. The van der Waals surface area contributed by atoms with E-state index in [4.69, 9.17) is 5.73 Å². The molecule has 1 heterocycles. The molecule has 21 heavy (non-hydrogen) atoms. The fourth-order valence-corrected chi connectivity index (χ4v) is 1.68. The molecular formula is C15H27N5O. The Hall–Kier alpha value is -1.85. The van der Waals surface area contributed by atoms with Crippen LogP contribution in [0.3, 0.4) is 0 Å². The van der Waals surface area contributed by atoms with E-state index in [0.29, 0.717) is 30.4 Å². The molecule has 118 valence electrons. The van der Waals surface area contributed by atoms with Crippen molar-refractivity contribution in [3.63, 3.8) is 0 Å². The number of amides is 1.